The number of hydrogen-bond acceptors (Lipinski definition) is 3. The Morgan fingerprint density at radius 3 is 2.61 bits per heavy atom. The zero-order chi connectivity index (χ0) is 13.2. The Kier molecular flexibility index (Phi) is 3.88. The molecule has 0 amide bonds. The van der Waals surface area contributed by atoms with Crippen LogP contribution in [0.1, 0.15) is 26.7 Å². The van der Waals surface area contributed by atoms with Crippen LogP contribution in [0.15, 0.2) is 24.3 Å². The Morgan fingerprint density at radius 1 is 1.39 bits per heavy atom. The van der Waals surface area contributed by atoms with E-state index in [0.29, 0.717) is 6.54 Å². The van der Waals surface area contributed by atoms with Crippen molar-refractivity contribution in [2.24, 2.45) is 5.73 Å². The molecule has 2 unspecified atom stereocenters. The molecule has 1 aliphatic heterocycles. The Morgan fingerprint density at radius 2 is 2.06 bits per heavy atom. The lowest BCUT2D eigenvalue weighted by Crippen LogP contribution is -2.53. The van der Waals surface area contributed by atoms with E-state index in [0.717, 1.165) is 18.5 Å². The lowest BCUT2D eigenvalue weighted by molar-refractivity contribution is -0.0536. The summed E-state index contributed by atoms with van der Waals surface area (Å²) in [6.07, 6.45) is 2.01. The monoisotopic (exact) mass is 252 g/mol. The van der Waals surface area contributed by atoms with Gasteiger partial charge in [-0.3, -0.25) is 0 Å². The molecule has 3 N–H and O–H groups in total. The summed E-state index contributed by atoms with van der Waals surface area (Å²) in [5, 5.41) is 3.40. The fourth-order valence-electron chi connectivity index (χ4n) is 2.87. The van der Waals surface area contributed by atoms with E-state index in [1.54, 1.807) is 6.07 Å². The molecule has 0 saturated carbocycles. The number of nitrogens with two attached hydrogens (primary N) is 1. The molecule has 2 rings (SSSR count). The van der Waals surface area contributed by atoms with Crippen molar-refractivity contribution in [3.8, 4) is 0 Å². The van der Waals surface area contributed by atoms with Gasteiger partial charge < -0.3 is 15.8 Å². The number of hydrogen-bond donors (Lipinski definition) is 2. The van der Waals surface area contributed by atoms with E-state index in [4.69, 9.17) is 10.5 Å². The summed E-state index contributed by atoms with van der Waals surface area (Å²) in [6.45, 7) is 4.61. The van der Waals surface area contributed by atoms with Crippen LogP contribution in [0.3, 0.4) is 0 Å². The van der Waals surface area contributed by atoms with Crippen LogP contribution in [-0.2, 0) is 4.74 Å². The van der Waals surface area contributed by atoms with E-state index < -0.39 is 0 Å². The van der Waals surface area contributed by atoms with E-state index >= 15 is 0 Å². The molecule has 1 heterocycles. The number of benzene rings is 1. The summed E-state index contributed by atoms with van der Waals surface area (Å²) in [7, 11) is 0. The molecule has 4 heteroatoms. The average molecular weight is 252 g/mol. The molecular formula is C14H21FN2O. The van der Waals surface area contributed by atoms with Crippen molar-refractivity contribution in [3.63, 3.8) is 0 Å². The van der Waals surface area contributed by atoms with Crippen LogP contribution in [0.2, 0.25) is 0 Å². The van der Waals surface area contributed by atoms with Crippen molar-refractivity contribution in [1.82, 2.24) is 0 Å². The summed E-state index contributed by atoms with van der Waals surface area (Å²) in [5.41, 5.74) is 6.51. The Labute approximate surface area is 108 Å². The predicted octanol–water partition coefficient (Wildman–Crippen LogP) is 2.52. The third kappa shape index (κ3) is 3.00. The van der Waals surface area contributed by atoms with Gasteiger partial charge in [-0.15, -0.1) is 0 Å². The van der Waals surface area contributed by atoms with Gasteiger partial charge in [0.25, 0.3) is 0 Å². The first-order valence-corrected chi connectivity index (χ1v) is 6.42. The normalized spacial score (nSPS) is 32.2. The van der Waals surface area contributed by atoms with Gasteiger partial charge in [0.2, 0.25) is 0 Å². The molecule has 100 valence electrons. The fourth-order valence-corrected chi connectivity index (χ4v) is 2.87. The zero-order valence-corrected chi connectivity index (χ0v) is 10.9. The third-order valence-corrected chi connectivity index (χ3v) is 3.45. The van der Waals surface area contributed by atoms with Gasteiger partial charge in [-0.05, 0) is 44.9 Å². The van der Waals surface area contributed by atoms with Crippen molar-refractivity contribution >= 4 is 5.69 Å². The number of rotatable bonds is 3. The van der Waals surface area contributed by atoms with Gasteiger partial charge in [-0.2, -0.15) is 0 Å². The first-order chi connectivity index (χ1) is 8.53. The molecule has 0 aromatic heterocycles. The third-order valence-electron chi connectivity index (χ3n) is 3.45. The molecule has 1 fully saturated rings. The number of nitrogens with one attached hydrogen (secondary N) is 1. The highest BCUT2D eigenvalue weighted by Gasteiger charge is 2.37. The van der Waals surface area contributed by atoms with E-state index in [9.17, 15) is 4.39 Å². The van der Waals surface area contributed by atoms with Gasteiger partial charge in [-0.1, -0.05) is 6.07 Å². The van der Waals surface area contributed by atoms with Crippen LogP contribution in [0, 0.1) is 5.82 Å². The molecule has 1 aliphatic rings. The first-order valence-electron chi connectivity index (χ1n) is 6.42. The highest BCUT2D eigenvalue weighted by Crippen LogP contribution is 2.31. The summed E-state index contributed by atoms with van der Waals surface area (Å²) >= 11 is 0. The smallest absolute Gasteiger partial charge is 0.125 e. The molecule has 0 radical (unpaired) electrons. The quantitative estimate of drug-likeness (QED) is 0.869. The van der Waals surface area contributed by atoms with Crippen LogP contribution in [0.25, 0.3) is 0 Å². The SMILES string of the molecule is CC1CC(CN)(Nc2cccc(F)c2)CC(C)O1. The highest BCUT2D eigenvalue weighted by atomic mass is 19.1. The maximum absolute atomic E-state index is 13.2. The van der Waals surface area contributed by atoms with E-state index in [1.807, 2.05) is 19.9 Å². The maximum atomic E-state index is 13.2. The maximum Gasteiger partial charge on any atom is 0.125 e. The van der Waals surface area contributed by atoms with Gasteiger partial charge in [0.05, 0.1) is 17.7 Å². The second kappa shape index (κ2) is 5.24. The molecule has 2 atom stereocenters. The summed E-state index contributed by atoms with van der Waals surface area (Å²) in [4.78, 5) is 0. The van der Waals surface area contributed by atoms with E-state index in [2.05, 4.69) is 5.32 Å². The lowest BCUT2D eigenvalue weighted by Gasteiger charge is -2.43. The van der Waals surface area contributed by atoms with Crippen LogP contribution >= 0.6 is 0 Å². The first kappa shape index (κ1) is 13.3. The molecule has 18 heavy (non-hydrogen) atoms. The van der Waals surface area contributed by atoms with E-state index in [-0.39, 0.29) is 23.6 Å². The molecule has 1 saturated heterocycles. The minimum atomic E-state index is -0.236. The summed E-state index contributed by atoms with van der Waals surface area (Å²) in [5.74, 6) is -0.236. The standard InChI is InChI=1S/C14H21FN2O/c1-10-7-14(9-16,8-11(2)18-10)17-13-5-3-4-12(15)6-13/h3-6,10-11,17H,7-9,16H2,1-2H3. The fraction of sp³-hybridized carbons (Fsp3) is 0.571. The Balaban J connectivity index is 2.17. The van der Waals surface area contributed by atoms with Gasteiger partial charge in [0.1, 0.15) is 5.82 Å². The summed E-state index contributed by atoms with van der Waals surface area (Å²) < 4.78 is 18.9. The van der Waals surface area contributed by atoms with Crippen molar-refractivity contribution in [1.29, 1.82) is 0 Å². The van der Waals surface area contributed by atoms with Gasteiger partial charge in [0, 0.05) is 12.2 Å². The van der Waals surface area contributed by atoms with E-state index in [1.165, 1.54) is 12.1 Å². The second-order valence-corrected chi connectivity index (χ2v) is 5.29. The molecule has 1 aromatic carbocycles. The predicted molar refractivity (Wildman–Crippen MR) is 71.1 cm³/mol. The number of ether oxygens (including phenoxy) is 1. The van der Waals surface area contributed by atoms with Crippen molar-refractivity contribution in [2.45, 2.75) is 44.4 Å². The minimum Gasteiger partial charge on any atom is -0.378 e. The van der Waals surface area contributed by atoms with Crippen molar-refractivity contribution in [2.75, 3.05) is 11.9 Å². The highest BCUT2D eigenvalue weighted by molar-refractivity contribution is 5.46. The Hall–Kier alpha value is -1.13. The molecule has 3 nitrogen and oxygen atoms in total. The van der Waals surface area contributed by atoms with Gasteiger partial charge >= 0.3 is 0 Å². The lowest BCUT2D eigenvalue weighted by atomic mass is 9.84. The van der Waals surface area contributed by atoms with Crippen LogP contribution in [0.5, 0.6) is 0 Å². The minimum absolute atomic E-state index is 0.165. The summed E-state index contributed by atoms with van der Waals surface area (Å²) in [6, 6.07) is 6.51. The van der Waals surface area contributed by atoms with Crippen molar-refractivity contribution in [3.05, 3.63) is 30.1 Å². The van der Waals surface area contributed by atoms with Crippen LogP contribution < -0.4 is 11.1 Å². The molecule has 0 bridgehead atoms. The van der Waals surface area contributed by atoms with Gasteiger partial charge in [0.15, 0.2) is 0 Å². The van der Waals surface area contributed by atoms with Gasteiger partial charge in [-0.25, -0.2) is 4.39 Å². The number of halogens is 1. The molecule has 0 spiro atoms. The molecular weight excluding hydrogens is 231 g/mol. The molecule has 0 aliphatic carbocycles. The topological polar surface area (TPSA) is 47.3 Å². The largest absolute Gasteiger partial charge is 0.378 e. The average Bonchev–Trinajstić information content (AvgIpc) is 2.27. The van der Waals surface area contributed by atoms with Crippen LogP contribution in [0.4, 0.5) is 10.1 Å². The van der Waals surface area contributed by atoms with Crippen LogP contribution in [-0.4, -0.2) is 24.3 Å². The number of anilines is 1. The second-order valence-electron chi connectivity index (χ2n) is 5.29. The molecule has 1 aromatic rings. The zero-order valence-electron chi connectivity index (χ0n) is 10.9. The Bertz CT molecular complexity index is 401. The van der Waals surface area contributed by atoms with Crippen molar-refractivity contribution < 1.29 is 9.13 Å².